The summed E-state index contributed by atoms with van der Waals surface area (Å²) in [5, 5.41) is 0. The molecule has 1 aliphatic heterocycles. The van der Waals surface area contributed by atoms with E-state index in [1.807, 2.05) is 0 Å². The number of hydrogen-bond acceptors (Lipinski definition) is 1. The average molecular weight is 203 g/mol. The van der Waals surface area contributed by atoms with Crippen molar-refractivity contribution in [3.8, 4) is 0 Å². The molecule has 2 nitrogen and oxygen atoms in total. The number of carbonyl (C=O) groups is 1. The van der Waals surface area contributed by atoms with Gasteiger partial charge in [0.15, 0.2) is 0 Å². The quantitative estimate of drug-likeness (QED) is 0.583. The molecule has 0 radical (unpaired) electrons. The van der Waals surface area contributed by atoms with E-state index in [0.29, 0.717) is 4.90 Å². The minimum absolute atomic E-state index is 0.449. The van der Waals surface area contributed by atoms with Crippen LogP contribution >= 0.6 is 0 Å². The summed E-state index contributed by atoms with van der Waals surface area (Å²) in [5.74, 6) is -1.71. The molecular weight excluding hydrogens is 197 g/mol. The summed E-state index contributed by atoms with van der Waals surface area (Å²) in [6, 6.07) is 0. The first-order chi connectivity index (χ1) is 5.82. The smallest absolute Gasteiger partial charge is 0.334 e. The van der Waals surface area contributed by atoms with Gasteiger partial charge in [-0.25, -0.2) is 8.78 Å². The lowest BCUT2D eigenvalue weighted by molar-refractivity contribution is -0.196. The van der Waals surface area contributed by atoms with Crippen molar-refractivity contribution in [1.82, 2.24) is 4.90 Å². The topological polar surface area (TPSA) is 20.3 Å². The van der Waals surface area contributed by atoms with Crippen molar-refractivity contribution in [3.63, 3.8) is 0 Å². The SMILES string of the molecule is O=C(C(F)C(F)(F)F)N1CC(F)C1. The molecule has 1 unspecified atom stereocenters. The van der Waals surface area contributed by atoms with Crippen LogP contribution in [0.25, 0.3) is 0 Å². The number of amides is 1. The number of alkyl halides is 5. The van der Waals surface area contributed by atoms with Gasteiger partial charge in [-0.05, 0) is 0 Å². The van der Waals surface area contributed by atoms with E-state index in [0.717, 1.165) is 0 Å². The third kappa shape index (κ3) is 2.07. The molecule has 1 amide bonds. The maximum absolute atomic E-state index is 12.3. The first kappa shape index (κ1) is 10.2. The van der Waals surface area contributed by atoms with Gasteiger partial charge in [0.1, 0.15) is 6.17 Å². The van der Waals surface area contributed by atoms with Crippen LogP contribution in [-0.4, -0.2) is 42.4 Å². The van der Waals surface area contributed by atoms with Crippen LogP contribution in [0.4, 0.5) is 22.0 Å². The zero-order valence-electron chi connectivity index (χ0n) is 6.31. The first-order valence-electron chi connectivity index (χ1n) is 3.46. The van der Waals surface area contributed by atoms with Gasteiger partial charge in [-0.2, -0.15) is 13.2 Å². The second-order valence-corrected chi connectivity index (χ2v) is 2.74. The molecule has 0 aliphatic carbocycles. The van der Waals surface area contributed by atoms with Gasteiger partial charge < -0.3 is 4.90 Å². The van der Waals surface area contributed by atoms with E-state index in [2.05, 4.69) is 0 Å². The zero-order valence-corrected chi connectivity index (χ0v) is 6.31. The molecule has 1 heterocycles. The van der Waals surface area contributed by atoms with Gasteiger partial charge in [-0.1, -0.05) is 0 Å². The molecule has 0 aromatic rings. The van der Waals surface area contributed by atoms with Crippen molar-refractivity contribution in [1.29, 1.82) is 0 Å². The number of likely N-dealkylation sites (tertiary alicyclic amines) is 1. The van der Waals surface area contributed by atoms with Crippen LogP contribution in [0.2, 0.25) is 0 Å². The normalized spacial score (nSPS) is 21.2. The van der Waals surface area contributed by atoms with E-state index in [1.54, 1.807) is 0 Å². The van der Waals surface area contributed by atoms with Gasteiger partial charge in [-0.15, -0.1) is 0 Å². The third-order valence-electron chi connectivity index (χ3n) is 1.65. The Morgan fingerprint density at radius 3 is 2.15 bits per heavy atom. The molecule has 1 rings (SSSR count). The molecule has 13 heavy (non-hydrogen) atoms. The molecular formula is C6H6F5NO. The van der Waals surface area contributed by atoms with Gasteiger partial charge >= 0.3 is 6.18 Å². The highest BCUT2D eigenvalue weighted by molar-refractivity contribution is 5.82. The van der Waals surface area contributed by atoms with E-state index in [-0.39, 0.29) is 0 Å². The van der Waals surface area contributed by atoms with E-state index in [1.165, 1.54) is 0 Å². The molecule has 0 spiro atoms. The van der Waals surface area contributed by atoms with Crippen LogP contribution in [0.3, 0.4) is 0 Å². The summed E-state index contributed by atoms with van der Waals surface area (Å²) in [6.07, 6.45) is -10.1. The van der Waals surface area contributed by atoms with Crippen LogP contribution in [0.1, 0.15) is 0 Å². The maximum atomic E-state index is 12.3. The fourth-order valence-electron chi connectivity index (χ4n) is 0.905. The Morgan fingerprint density at radius 1 is 1.38 bits per heavy atom. The standard InChI is InChI=1S/C6H6F5NO/c7-3-1-12(2-3)5(13)4(8)6(9,10)11/h3-4H,1-2H2. The highest BCUT2D eigenvalue weighted by atomic mass is 19.4. The van der Waals surface area contributed by atoms with E-state index < -0.39 is 37.5 Å². The minimum atomic E-state index is -5.20. The van der Waals surface area contributed by atoms with Crippen molar-refractivity contribution >= 4 is 5.91 Å². The fourth-order valence-corrected chi connectivity index (χ4v) is 0.905. The Balaban J connectivity index is 2.49. The van der Waals surface area contributed by atoms with Crippen LogP contribution in [0.5, 0.6) is 0 Å². The predicted molar refractivity (Wildman–Crippen MR) is 32.4 cm³/mol. The Bertz CT molecular complexity index is 210. The molecule has 0 aromatic heterocycles. The molecule has 1 fully saturated rings. The lowest BCUT2D eigenvalue weighted by atomic mass is 10.1. The van der Waals surface area contributed by atoms with Crippen LogP contribution in [0, 0.1) is 0 Å². The molecule has 7 heteroatoms. The Labute approximate surface area is 70.3 Å². The van der Waals surface area contributed by atoms with Gasteiger partial charge in [0.05, 0.1) is 13.1 Å². The highest BCUT2D eigenvalue weighted by Gasteiger charge is 2.49. The lowest BCUT2D eigenvalue weighted by Gasteiger charge is -2.35. The number of hydrogen-bond donors (Lipinski definition) is 0. The van der Waals surface area contributed by atoms with E-state index >= 15 is 0 Å². The maximum Gasteiger partial charge on any atom is 0.428 e. The van der Waals surface area contributed by atoms with Crippen LogP contribution in [-0.2, 0) is 4.79 Å². The van der Waals surface area contributed by atoms with Crippen molar-refractivity contribution in [3.05, 3.63) is 0 Å². The predicted octanol–water partition coefficient (Wildman–Crippen LogP) is 1.07. The molecule has 0 bridgehead atoms. The summed E-state index contributed by atoms with van der Waals surface area (Å²) in [5.41, 5.74) is 0. The monoisotopic (exact) mass is 203 g/mol. The van der Waals surface area contributed by atoms with Gasteiger partial charge in [0, 0.05) is 0 Å². The lowest BCUT2D eigenvalue weighted by Crippen LogP contribution is -2.56. The van der Waals surface area contributed by atoms with E-state index in [9.17, 15) is 26.7 Å². The minimum Gasteiger partial charge on any atom is -0.334 e. The first-order valence-corrected chi connectivity index (χ1v) is 3.46. The number of nitrogens with zero attached hydrogens (tertiary/aromatic N) is 1. The highest BCUT2D eigenvalue weighted by Crippen LogP contribution is 2.26. The molecule has 76 valence electrons. The van der Waals surface area contributed by atoms with E-state index in [4.69, 9.17) is 0 Å². The van der Waals surface area contributed by atoms with Crippen molar-refractivity contribution in [2.24, 2.45) is 0 Å². The Hall–Kier alpha value is -0.880. The van der Waals surface area contributed by atoms with Crippen molar-refractivity contribution in [2.45, 2.75) is 18.5 Å². The summed E-state index contributed by atoms with van der Waals surface area (Å²) >= 11 is 0. The summed E-state index contributed by atoms with van der Waals surface area (Å²) < 4.78 is 59.2. The largest absolute Gasteiger partial charge is 0.428 e. The summed E-state index contributed by atoms with van der Waals surface area (Å²) in [4.78, 5) is 11.1. The second kappa shape index (κ2) is 3.12. The Kier molecular flexibility index (Phi) is 2.44. The molecule has 0 N–H and O–H groups in total. The molecule has 1 saturated heterocycles. The Morgan fingerprint density at radius 2 is 1.85 bits per heavy atom. The van der Waals surface area contributed by atoms with Crippen LogP contribution < -0.4 is 0 Å². The van der Waals surface area contributed by atoms with Crippen molar-refractivity contribution < 1.29 is 26.7 Å². The number of halogens is 5. The van der Waals surface area contributed by atoms with Gasteiger partial charge in [-0.3, -0.25) is 4.79 Å². The fraction of sp³-hybridized carbons (Fsp3) is 0.833. The number of rotatable bonds is 1. The zero-order chi connectivity index (χ0) is 10.2. The molecule has 0 saturated carbocycles. The summed E-state index contributed by atoms with van der Waals surface area (Å²) in [7, 11) is 0. The number of carbonyl (C=O) groups excluding carboxylic acids is 1. The summed E-state index contributed by atoms with van der Waals surface area (Å²) in [6.45, 7) is -0.898. The van der Waals surface area contributed by atoms with Crippen LogP contribution in [0.15, 0.2) is 0 Å². The molecule has 0 aromatic carbocycles. The average Bonchev–Trinajstić information content (AvgIpc) is 1.94. The molecule has 1 aliphatic rings. The van der Waals surface area contributed by atoms with Crippen molar-refractivity contribution in [2.75, 3.05) is 13.1 Å². The van der Waals surface area contributed by atoms with Gasteiger partial charge in [0.25, 0.3) is 12.1 Å². The molecule has 1 atom stereocenters. The third-order valence-corrected chi connectivity index (χ3v) is 1.65. The van der Waals surface area contributed by atoms with Gasteiger partial charge in [0.2, 0.25) is 0 Å². The second-order valence-electron chi connectivity index (χ2n) is 2.74.